The fourth-order valence-electron chi connectivity index (χ4n) is 5.25. The topological polar surface area (TPSA) is 117 Å². The zero-order valence-corrected chi connectivity index (χ0v) is 22.1. The summed E-state index contributed by atoms with van der Waals surface area (Å²) in [7, 11) is 3.06. The zero-order chi connectivity index (χ0) is 26.8. The Morgan fingerprint density at radius 1 is 0.974 bits per heavy atom. The Bertz CT molecular complexity index is 1430. The van der Waals surface area contributed by atoms with Crippen LogP contribution < -0.4 is 35.7 Å². The van der Waals surface area contributed by atoms with Gasteiger partial charge >= 0.3 is 0 Å². The van der Waals surface area contributed by atoms with E-state index in [1.807, 2.05) is 6.07 Å². The minimum atomic E-state index is -0.184. The van der Waals surface area contributed by atoms with Crippen LogP contribution in [-0.4, -0.2) is 62.6 Å². The summed E-state index contributed by atoms with van der Waals surface area (Å²) >= 11 is 0. The van der Waals surface area contributed by atoms with Gasteiger partial charge in [0.2, 0.25) is 6.79 Å². The van der Waals surface area contributed by atoms with Crippen molar-refractivity contribution in [3.05, 3.63) is 45.7 Å². The van der Waals surface area contributed by atoms with Gasteiger partial charge in [-0.05, 0) is 50.1 Å². The van der Waals surface area contributed by atoms with Crippen LogP contribution in [0.25, 0.3) is 22.0 Å². The average Bonchev–Trinajstić information content (AvgIpc) is 3.50. The lowest BCUT2D eigenvalue weighted by Gasteiger charge is -2.23. The molecule has 3 aromatic rings. The van der Waals surface area contributed by atoms with Crippen molar-refractivity contribution in [1.29, 1.82) is 0 Å². The molecule has 5 rings (SSSR count). The SMILES string of the molecule is CCCN(CCCn1c2c(c3cc(OC)c(OC)cc3c1=O)C(=O)c1cc3c(cc1-2)OCO3)NCCCN. The summed E-state index contributed by atoms with van der Waals surface area (Å²) in [6, 6.07) is 6.90. The number of methoxy groups -OCH3 is 2. The van der Waals surface area contributed by atoms with Crippen LogP contribution in [0.15, 0.2) is 29.1 Å². The number of fused-ring (bicyclic) bond motifs is 6. The van der Waals surface area contributed by atoms with Crippen molar-refractivity contribution in [2.45, 2.75) is 32.7 Å². The van der Waals surface area contributed by atoms with E-state index in [4.69, 9.17) is 24.7 Å². The number of ketones is 1. The molecule has 2 aliphatic rings. The Hall–Kier alpha value is -3.60. The summed E-state index contributed by atoms with van der Waals surface area (Å²) < 4.78 is 23.8. The summed E-state index contributed by atoms with van der Waals surface area (Å²) in [5.74, 6) is 1.83. The molecule has 2 aromatic carbocycles. The van der Waals surface area contributed by atoms with Crippen molar-refractivity contribution in [1.82, 2.24) is 15.0 Å². The lowest BCUT2D eigenvalue weighted by Crippen LogP contribution is -2.41. The lowest BCUT2D eigenvalue weighted by molar-refractivity contribution is 0.104. The number of nitrogens with one attached hydrogen (secondary N) is 1. The molecule has 0 saturated heterocycles. The van der Waals surface area contributed by atoms with E-state index in [1.165, 1.54) is 14.2 Å². The highest BCUT2D eigenvalue weighted by Crippen LogP contribution is 2.46. The smallest absolute Gasteiger partial charge is 0.259 e. The van der Waals surface area contributed by atoms with E-state index in [0.29, 0.717) is 75.7 Å². The number of carbonyl (C=O) groups excluding carboxylic acids is 1. The van der Waals surface area contributed by atoms with Gasteiger partial charge in [-0.3, -0.25) is 15.0 Å². The molecule has 0 saturated carbocycles. The Labute approximate surface area is 221 Å². The number of ether oxygens (including phenoxy) is 4. The second-order valence-electron chi connectivity index (χ2n) is 9.40. The largest absolute Gasteiger partial charge is 0.493 e. The Kier molecular flexibility index (Phi) is 7.55. The molecule has 0 radical (unpaired) electrons. The molecule has 1 aliphatic heterocycles. The van der Waals surface area contributed by atoms with E-state index < -0.39 is 0 Å². The molecular formula is C28H34N4O6. The second-order valence-corrected chi connectivity index (χ2v) is 9.40. The van der Waals surface area contributed by atoms with Gasteiger partial charge in [-0.25, -0.2) is 5.01 Å². The minimum Gasteiger partial charge on any atom is -0.493 e. The maximum absolute atomic E-state index is 14.0. The zero-order valence-electron chi connectivity index (χ0n) is 22.1. The molecule has 2 heterocycles. The van der Waals surface area contributed by atoms with Crippen LogP contribution in [0.5, 0.6) is 23.0 Å². The number of pyridine rings is 1. The van der Waals surface area contributed by atoms with E-state index in [0.717, 1.165) is 32.5 Å². The highest BCUT2D eigenvalue weighted by atomic mass is 16.7. The van der Waals surface area contributed by atoms with Crippen LogP contribution in [0.4, 0.5) is 0 Å². The molecule has 38 heavy (non-hydrogen) atoms. The first-order valence-corrected chi connectivity index (χ1v) is 13.0. The molecule has 1 aromatic heterocycles. The van der Waals surface area contributed by atoms with Gasteiger partial charge in [0, 0.05) is 42.7 Å². The number of aromatic nitrogens is 1. The van der Waals surface area contributed by atoms with Gasteiger partial charge in [0.25, 0.3) is 5.56 Å². The van der Waals surface area contributed by atoms with Gasteiger partial charge in [-0.15, -0.1) is 0 Å². The molecule has 3 N–H and O–H groups in total. The van der Waals surface area contributed by atoms with E-state index in [1.54, 1.807) is 22.8 Å². The number of hydrogen-bond acceptors (Lipinski definition) is 9. The normalized spacial score (nSPS) is 13.3. The molecule has 202 valence electrons. The summed E-state index contributed by atoms with van der Waals surface area (Å²) in [6.07, 6.45) is 2.59. The number of nitrogens with zero attached hydrogens (tertiary/aromatic N) is 2. The predicted octanol–water partition coefficient (Wildman–Crippen LogP) is 2.91. The standard InChI is InChI=1S/C28H34N4O6/c1-4-9-31(30-8-5-7-29)10-6-11-32-26-18-13-23-24(38-16-37-23)14-19(18)27(33)25(26)17-12-21(35-2)22(36-3)15-20(17)28(32)34/h12-15,30H,4-11,16,29H2,1-3H3. The van der Waals surface area contributed by atoms with Crippen molar-refractivity contribution in [3.63, 3.8) is 0 Å². The van der Waals surface area contributed by atoms with Crippen LogP contribution >= 0.6 is 0 Å². The fraction of sp³-hybridized carbons (Fsp3) is 0.429. The van der Waals surface area contributed by atoms with Gasteiger partial charge in [0.1, 0.15) is 0 Å². The summed E-state index contributed by atoms with van der Waals surface area (Å²) in [4.78, 5) is 27.8. The first kappa shape index (κ1) is 26.0. The molecule has 0 unspecified atom stereocenters. The third-order valence-electron chi connectivity index (χ3n) is 7.03. The number of hydrogen-bond donors (Lipinski definition) is 2. The van der Waals surface area contributed by atoms with Crippen molar-refractivity contribution in [3.8, 4) is 34.3 Å². The van der Waals surface area contributed by atoms with Crippen LogP contribution in [0, 0.1) is 0 Å². The van der Waals surface area contributed by atoms with Gasteiger partial charge in [0.15, 0.2) is 28.8 Å². The van der Waals surface area contributed by atoms with E-state index in [2.05, 4.69) is 17.4 Å². The number of hydrazine groups is 1. The lowest BCUT2D eigenvalue weighted by atomic mass is 10.0. The third kappa shape index (κ3) is 4.48. The molecule has 10 nitrogen and oxygen atoms in total. The maximum Gasteiger partial charge on any atom is 0.259 e. The molecule has 1 aliphatic carbocycles. The summed E-state index contributed by atoms with van der Waals surface area (Å²) in [5.41, 5.74) is 11.1. The first-order chi connectivity index (χ1) is 18.5. The number of nitrogens with two attached hydrogens (primary N) is 1. The van der Waals surface area contributed by atoms with Crippen LogP contribution in [-0.2, 0) is 6.54 Å². The highest BCUT2D eigenvalue weighted by Gasteiger charge is 2.35. The van der Waals surface area contributed by atoms with Crippen molar-refractivity contribution in [2.24, 2.45) is 5.73 Å². The minimum absolute atomic E-state index is 0.102. The van der Waals surface area contributed by atoms with Crippen molar-refractivity contribution < 1.29 is 23.7 Å². The summed E-state index contributed by atoms with van der Waals surface area (Å²) in [6.45, 7) is 5.73. The molecule has 0 bridgehead atoms. The Balaban J connectivity index is 1.61. The van der Waals surface area contributed by atoms with Gasteiger partial charge in [-0.1, -0.05) is 6.92 Å². The second kappa shape index (κ2) is 11.0. The van der Waals surface area contributed by atoms with Gasteiger partial charge in [-0.2, -0.15) is 0 Å². The van der Waals surface area contributed by atoms with E-state index in [9.17, 15) is 9.59 Å². The third-order valence-corrected chi connectivity index (χ3v) is 7.03. The van der Waals surface area contributed by atoms with E-state index in [-0.39, 0.29) is 18.1 Å². The van der Waals surface area contributed by atoms with Gasteiger partial charge < -0.3 is 29.2 Å². The Morgan fingerprint density at radius 2 is 1.66 bits per heavy atom. The molecule has 0 atom stereocenters. The first-order valence-electron chi connectivity index (χ1n) is 13.0. The Morgan fingerprint density at radius 3 is 2.32 bits per heavy atom. The number of benzene rings is 2. The number of rotatable bonds is 12. The molecule has 10 heteroatoms. The molecule has 0 fully saturated rings. The summed E-state index contributed by atoms with van der Waals surface area (Å²) in [5, 5.41) is 3.12. The van der Waals surface area contributed by atoms with E-state index >= 15 is 0 Å². The fourth-order valence-corrected chi connectivity index (χ4v) is 5.25. The van der Waals surface area contributed by atoms with Crippen molar-refractivity contribution >= 4 is 16.6 Å². The maximum atomic E-state index is 14.0. The number of carbonyl (C=O) groups is 1. The molecule has 0 spiro atoms. The average molecular weight is 523 g/mol. The van der Waals surface area contributed by atoms with Crippen LogP contribution in [0.3, 0.4) is 0 Å². The predicted molar refractivity (Wildman–Crippen MR) is 144 cm³/mol. The monoisotopic (exact) mass is 522 g/mol. The quantitative estimate of drug-likeness (QED) is 0.214. The van der Waals surface area contributed by atoms with Crippen LogP contribution in [0.2, 0.25) is 0 Å². The van der Waals surface area contributed by atoms with Gasteiger partial charge in [0.05, 0.1) is 30.9 Å². The van der Waals surface area contributed by atoms with Crippen LogP contribution in [0.1, 0.15) is 42.1 Å². The highest BCUT2D eigenvalue weighted by molar-refractivity contribution is 6.27. The van der Waals surface area contributed by atoms with Crippen molar-refractivity contribution in [2.75, 3.05) is 47.2 Å². The molecular weight excluding hydrogens is 488 g/mol. The molecule has 0 amide bonds.